The monoisotopic (exact) mass is 281 g/mol. The van der Waals surface area contributed by atoms with Crippen molar-refractivity contribution in [2.45, 2.75) is 64.0 Å². The van der Waals surface area contributed by atoms with Crippen LogP contribution < -0.4 is 11.1 Å². The fraction of sp³-hybridized carbons (Fsp3) is 0.714. The SMILES string of the molecule is CC(C)(C)OC(=O)NC1(c2cnc(N)o2)CCCCC1. The van der Waals surface area contributed by atoms with Crippen molar-refractivity contribution in [3.8, 4) is 0 Å². The third-order valence-corrected chi connectivity index (χ3v) is 3.44. The van der Waals surface area contributed by atoms with Crippen molar-refractivity contribution in [2.24, 2.45) is 0 Å². The standard InChI is InChI=1S/C14H23N3O3/c1-13(2,3)20-12(18)17-14(7-5-4-6-8-14)10-9-16-11(15)19-10/h9H,4-8H2,1-3H3,(H2,15,16)(H,17,18). The summed E-state index contributed by atoms with van der Waals surface area (Å²) in [6.07, 6.45) is 5.97. The summed E-state index contributed by atoms with van der Waals surface area (Å²) in [6.45, 7) is 5.52. The molecule has 0 aliphatic heterocycles. The van der Waals surface area contributed by atoms with E-state index in [-0.39, 0.29) is 6.01 Å². The predicted molar refractivity (Wildman–Crippen MR) is 75.0 cm³/mol. The molecule has 1 saturated carbocycles. The Labute approximate surface area is 119 Å². The molecule has 1 aliphatic carbocycles. The van der Waals surface area contributed by atoms with Crippen LogP contribution in [0.25, 0.3) is 0 Å². The van der Waals surface area contributed by atoms with Crippen LogP contribution in [0.2, 0.25) is 0 Å². The van der Waals surface area contributed by atoms with Gasteiger partial charge in [-0.05, 0) is 33.6 Å². The number of ether oxygens (including phenoxy) is 1. The highest BCUT2D eigenvalue weighted by Crippen LogP contribution is 2.38. The fourth-order valence-electron chi connectivity index (χ4n) is 2.60. The molecule has 0 unspecified atom stereocenters. The summed E-state index contributed by atoms with van der Waals surface area (Å²) in [4.78, 5) is 16.0. The highest BCUT2D eigenvalue weighted by molar-refractivity contribution is 5.69. The van der Waals surface area contributed by atoms with Crippen LogP contribution in [0.15, 0.2) is 10.6 Å². The normalized spacial score (nSPS) is 18.6. The minimum Gasteiger partial charge on any atom is -0.444 e. The number of nitrogens with two attached hydrogens (primary N) is 1. The van der Waals surface area contributed by atoms with Gasteiger partial charge in [0, 0.05) is 0 Å². The number of hydrogen-bond donors (Lipinski definition) is 2. The van der Waals surface area contributed by atoms with Gasteiger partial charge >= 0.3 is 6.09 Å². The number of aromatic nitrogens is 1. The highest BCUT2D eigenvalue weighted by atomic mass is 16.6. The van der Waals surface area contributed by atoms with Crippen molar-refractivity contribution >= 4 is 12.1 Å². The zero-order chi connectivity index (χ0) is 14.8. The third-order valence-electron chi connectivity index (χ3n) is 3.44. The minimum absolute atomic E-state index is 0.121. The summed E-state index contributed by atoms with van der Waals surface area (Å²) in [6, 6.07) is 0.121. The number of oxazole rings is 1. The molecule has 0 radical (unpaired) electrons. The molecule has 2 rings (SSSR count). The lowest BCUT2D eigenvalue weighted by Gasteiger charge is -2.36. The number of carbonyl (C=O) groups is 1. The van der Waals surface area contributed by atoms with Crippen molar-refractivity contribution in [3.63, 3.8) is 0 Å². The van der Waals surface area contributed by atoms with E-state index in [1.807, 2.05) is 20.8 Å². The molecule has 0 bridgehead atoms. The lowest BCUT2D eigenvalue weighted by Crippen LogP contribution is -2.48. The molecule has 6 nitrogen and oxygen atoms in total. The van der Waals surface area contributed by atoms with Gasteiger partial charge in [-0.2, -0.15) is 0 Å². The Hall–Kier alpha value is -1.72. The van der Waals surface area contributed by atoms with Crippen LogP contribution in [-0.4, -0.2) is 16.7 Å². The summed E-state index contributed by atoms with van der Waals surface area (Å²) in [5, 5.41) is 2.97. The first kappa shape index (κ1) is 14.7. The first-order valence-corrected chi connectivity index (χ1v) is 7.04. The van der Waals surface area contributed by atoms with E-state index < -0.39 is 17.2 Å². The van der Waals surface area contributed by atoms with E-state index in [1.165, 1.54) is 0 Å². The smallest absolute Gasteiger partial charge is 0.408 e. The van der Waals surface area contributed by atoms with Gasteiger partial charge < -0.3 is 20.2 Å². The maximum atomic E-state index is 12.1. The van der Waals surface area contributed by atoms with E-state index >= 15 is 0 Å². The number of nitrogens with one attached hydrogen (secondary N) is 1. The second kappa shape index (κ2) is 5.34. The minimum atomic E-state index is -0.550. The molecule has 1 heterocycles. The summed E-state index contributed by atoms with van der Waals surface area (Å²) in [5.74, 6) is 0.612. The molecule has 1 aliphatic rings. The van der Waals surface area contributed by atoms with Gasteiger partial charge in [-0.15, -0.1) is 0 Å². The zero-order valence-corrected chi connectivity index (χ0v) is 12.4. The van der Waals surface area contributed by atoms with Crippen LogP contribution in [-0.2, 0) is 10.3 Å². The summed E-state index contributed by atoms with van der Waals surface area (Å²) in [5.41, 5.74) is 4.48. The van der Waals surface area contributed by atoms with Crippen LogP contribution in [0.3, 0.4) is 0 Å². The third kappa shape index (κ3) is 3.43. The topological polar surface area (TPSA) is 90.4 Å². The van der Waals surface area contributed by atoms with E-state index in [0.717, 1.165) is 32.1 Å². The van der Waals surface area contributed by atoms with Crippen molar-refractivity contribution in [2.75, 3.05) is 5.73 Å². The molecule has 112 valence electrons. The van der Waals surface area contributed by atoms with Gasteiger partial charge in [-0.1, -0.05) is 19.3 Å². The van der Waals surface area contributed by atoms with E-state index in [9.17, 15) is 4.79 Å². The molecule has 0 atom stereocenters. The Morgan fingerprint density at radius 1 is 1.40 bits per heavy atom. The maximum absolute atomic E-state index is 12.1. The Bertz CT molecular complexity index is 470. The highest BCUT2D eigenvalue weighted by Gasteiger charge is 2.39. The molecule has 0 saturated heterocycles. The number of nitrogen functional groups attached to an aromatic ring is 1. The van der Waals surface area contributed by atoms with Crippen molar-refractivity contribution in [1.29, 1.82) is 0 Å². The average molecular weight is 281 g/mol. The molecule has 0 aromatic carbocycles. The molecule has 6 heteroatoms. The van der Waals surface area contributed by atoms with Crippen LogP contribution in [0.4, 0.5) is 10.8 Å². The molecular weight excluding hydrogens is 258 g/mol. The summed E-state index contributed by atoms with van der Waals surface area (Å²) < 4.78 is 10.8. The number of alkyl carbamates (subject to hydrolysis) is 1. The second-order valence-corrected chi connectivity index (χ2v) is 6.33. The summed E-state index contributed by atoms with van der Waals surface area (Å²) in [7, 11) is 0. The molecule has 3 N–H and O–H groups in total. The number of nitrogens with zero attached hydrogens (tertiary/aromatic N) is 1. The number of hydrogen-bond acceptors (Lipinski definition) is 5. The van der Waals surface area contributed by atoms with Gasteiger partial charge in [0.05, 0.1) is 6.20 Å². The zero-order valence-electron chi connectivity index (χ0n) is 12.4. The van der Waals surface area contributed by atoms with Gasteiger partial charge in [0.15, 0.2) is 5.76 Å². The Morgan fingerprint density at radius 2 is 2.05 bits per heavy atom. The van der Waals surface area contributed by atoms with Crippen molar-refractivity contribution < 1.29 is 13.9 Å². The molecule has 1 aromatic heterocycles. The first-order valence-electron chi connectivity index (χ1n) is 7.04. The molecular formula is C14H23N3O3. The van der Waals surface area contributed by atoms with Gasteiger partial charge in [0.25, 0.3) is 6.01 Å². The molecule has 0 spiro atoms. The second-order valence-electron chi connectivity index (χ2n) is 6.33. The number of carbonyl (C=O) groups excluding carboxylic acids is 1. The van der Waals surface area contributed by atoms with Gasteiger partial charge in [-0.25, -0.2) is 9.78 Å². The van der Waals surface area contributed by atoms with E-state index in [2.05, 4.69) is 10.3 Å². The van der Waals surface area contributed by atoms with Crippen LogP contribution >= 0.6 is 0 Å². The van der Waals surface area contributed by atoms with Crippen molar-refractivity contribution in [1.82, 2.24) is 10.3 Å². The van der Waals surface area contributed by atoms with E-state index in [0.29, 0.717) is 5.76 Å². The Morgan fingerprint density at radius 3 is 2.55 bits per heavy atom. The van der Waals surface area contributed by atoms with Crippen molar-refractivity contribution in [3.05, 3.63) is 12.0 Å². The molecule has 1 aromatic rings. The fourth-order valence-corrected chi connectivity index (χ4v) is 2.60. The average Bonchev–Trinajstić information content (AvgIpc) is 2.75. The van der Waals surface area contributed by atoms with Gasteiger partial charge in [0.2, 0.25) is 0 Å². The summed E-state index contributed by atoms with van der Waals surface area (Å²) >= 11 is 0. The molecule has 1 amide bonds. The first-order chi connectivity index (χ1) is 9.31. The number of amides is 1. The molecule has 1 fully saturated rings. The number of rotatable bonds is 2. The van der Waals surface area contributed by atoms with Gasteiger partial charge in [-0.3, -0.25) is 0 Å². The lowest BCUT2D eigenvalue weighted by atomic mass is 9.80. The van der Waals surface area contributed by atoms with E-state index in [1.54, 1.807) is 6.20 Å². The number of anilines is 1. The van der Waals surface area contributed by atoms with Crippen LogP contribution in [0.5, 0.6) is 0 Å². The van der Waals surface area contributed by atoms with E-state index in [4.69, 9.17) is 14.9 Å². The van der Waals surface area contributed by atoms with Gasteiger partial charge in [0.1, 0.15) is 11.1 Å². The predicted octanol–water partition coefficient (Wildman–Crippen LogP) is 2.94. The lowest BCUT2D eigenvalue weighted by molar-refractivity contribution is 0.0398. The Kier molecular flexibility index (Phi) is 3.92. The Balaban J connectivity index is 2.18. The van der Waals surface area contributed by atoms with Crippen LogP contribution in [0.1, 0.15) is 58.6 Å². The largest absolute Gasteiger partial charge is 0.444 e. The maximum Gasteiger partial charge on any atom is 0.408 e. The van der Waals surface area contributed by atoms with Crippen LogP contribution in [0, 0.1) is 0 Å². The molecule has 20 heavy (non-hydrogen) atoms. The quantitative estimate of drug-likeness (QED) is 0.869.